The zero-order chi connectivity index (χ0) is 25.7. The molecular formula is C29H32FN3O2S. The van der Waals surface area contributed by atoms with Crippen LogP contribution in [0.1, 0.15) is 38.2 Å². The number of allylic oxidation sites excluding steroid dienone is 2. The first-order valence-electron chi connectivity index (χ1n) is 12.2. The Morgan fingerprint density at radius 2 is 1.92 bits per heavy atom. The number of carbonyl (C=O) groups excluding carboxylic acids is 2. The maximum Gasteiger partial charge on any atom is 0.321 e. The maximum atomic E-state index is 13.6. The first kappa shape index (κ1) is 25.8. The van der Waals surface area contributed by atoms with Crippen molar-refractivity contribution in [2.75, 3.05) is 25.5 Å². The molecule has 2 aliphatic rings. The zero-order valence-electron chi connectivity index (χ0n) is 20.8. The van der Waals surface area contributed by atoms with E-state index < -0.39 is 0 Å². The number of thioether (sulfide) groups is 1. The Labute approximate surface area is 216 Å². The van der Waals surface area contributed by atoms with Gasteiger partial charge in [-0.1, -0.05) is 54.3 Å². The lowest BCUT2D eigenvalue weighted by Crippen LogP contribution is -2.48. The number of amides is 3. The summed E-state index contributed by atoms with van der Waals surface area (Å²) in [5.74, 6) is -0.207. The quantitative estimate of drug-likeness (QED) is 0.481. The van der Waals surface area contributed by atoms with Crippen molar-refractivity contribution in [3.8, 4) is 11.1 Å². The van der Waals surface area contributed by atoms with Crippen molar-refractivity contribution in [2.45, 2.75) is 38.6 Å². The second-order valence-electron chi connectivity index (χ2n) is 9.27. The Morgan fingerprint density at radius 1 is 1.17 bits per heavy atom. The zero-order valence-corrected chi connectivity index (χ0v) is 21.6. The van der Waals surface area contributed by atoms with E-state index in [9.17, 15) is 14.0 Å². The van der Waals surface area contributed by atoms with Crippen molar-refractivity contribution in [3.05, 3.63) is 82.4 Å². The second kappa shape index (κ2) is 11.6. The molecule has 0 bridgehead atoms. The minimum atomic E-state index is -0.295. The fourth-order valence-corrected chi connectivity index (χ4v) is 5.40. The summed E-state index contributed by atoms with van der Waals surface area (Å²) in [4.78, 5) is 30.4. The first-order chi connectivity index (χ1) is 17.4. The van der Waals surface area contributed by atoms with Gasteiger partial charge in [0.2, 0.25) is 0 Å². The number of nitrogens with one attached hydrogen (secondary N) is 1. The van der Waals surface area contributed by atoms with Gasteiger partial charge in [-0.3, -0.25) is 4.79 Å². The molecule has 4 rings (SSSR count). The molecule has 0 spiro atoms. The fraction of sp³-hybridized carbons (Fsp3) is 0.310. The average molecular weight is 506 g/mol. The van der Waals surface area contributed by atoms with E-state index in [0.29, 0.717) is 18.8 Å². The van der Waals surface area contributed by atoms with Gasteiger partial charge in [0.15, 0.2) is 0 Å². The molecule has 2 aromatic rings. The molecule has 0 aromatic heterocycles. The largest absolute Gasteiger partial charge is 0.338 e. The predicted octanol–water partition coefficient (Wildman–Crippen LogP) is 6.91. The number of anilines is 1. The van der Waals surface area contributed by atoms with Crippen LogP contribution in [0, 0.1) is 5.82 Å². The fourth-order valence-electron chi connectivity index (χ4n) is 4.51. The lowest BCUT2D eigenvalue weighted by molar-refractivity contribution is -0.127. The maximum absolute atomic E-state index is 13.6. The molecule has 2 heterocycles. The van der Waals surface area contributed by atoms with Crippen molar-refractivity contribution in [3.63, 3.8) is 0 Å². The van der Waals surface area contributed by atoms with Gasteiger partial charge < -0.3 is 15.1 Å². The average Bonchev–Trinajstić information content (AvgIpc) is 3.12. The van der Waals surface area contributed by atoms with Gasteiger partial charge in [0, 0.05) is 31.9 Å². The molecule has 3 amide bonds. The minimum absolute atomic E-state index is 0.0469. The Hall–Kier alpha value is -3.32. The van der Waals surface area contributed by atoms with E-state index in [1.165, 1.54) is 29.5 Å². The van der Waals surface area contributed by atoms with Gasteiger partial charge >= 0.3 is 6.03 Å². The second-order valence-corrected chi connectivity index (χ2v) is 10.2. The van der Waals surface area contributed by atoms with Gasteiger partial charge in [0.1, 0.15) is 5.82 Å². The Balaban J connectivity index is 1.35. The molecule has 0 unspecified atom stereocenters. The number of carbonyl (C=O) groups is 2. The van der Waals surface area contributed by atoms with E-state index in [2.05, 4.69) is 24.2 Å². The molecule has 0 aliphatic carbocycles. The van der Waals surface area contributed by atoms with Crippen LogP contribution >= 0.6 is 11.8 Å². The van der Waals surface area contributed by atoms with Crippen molar-refractivity contribution >= 4 is 35.5 Å². The summed E-state index contributed by atoms with van der Waals surface area (Å²) in [6, 6.07) is 11.8. The normalized spacial score (nSPS) is 16.5. The highest BCUT2D eigenvalue weighted by atomic mass is 32.2. The van der Waals surface area contributed by atoms with Crippen LogP contribution in [0.15, 0.2) is 71.0 Å². The van der Waals surface area contributed by atoms with Crippen LogP contribution in [-0.2, 0) is 4.79 Å². The molecule has 36 heavy (non-hydrogen) atoms. The monoisotopic (exact) mass is 505 g/mol. The SMILES string of the molecule is C=Cc1cc(-c2cccc(F)c2)ccc1NC(=O)N(C)C1CCN(C(=O)C2=CCCC(C)=CS2)CC1. The van der Waals surface area contributed by atoms with Crippen molar-refractivity contribution in [2.24, 2.45) is 0 Å². The van der Waals surface area contributed by atoms with Crippen LogP contribution in [0.2, 0.25) is 0 Å². The summed E-state index contributed by atoms with van der Waals surface area (Å²) in [5.41, 5.74) is 4.32. The number of urea groups is 1. The number of benzene rings is 2. The highest BCUT2D eigenvalue weighted by molar-refractivity contribution is 8.06. The molecule has 188 valence electrons. The lowest BCUT2D eigenvalue weighted by atomic mass is 10.0. The number of halogens is 1. The third-order valence-electron chi connectivity index (χ3n) is 6.76. The molecule has 0 atom stereocenters. The van der Waals surface area contributed by atoms with E-state index in [1.807, 2.05) is 35.2 Å². The Kier molecular flexibility index (Phi) is 8.31. The molecule has 1 fully saturated rings. The molecule has 2 aliphatic heterocycles. The third-order valence-corrected chi connectivity index (χ3v) is 7.87. The van der Waals surface area contributed by atoms with Gasteiger partial charge in [0.25, 0.3) is 5.91 Å². The Bertz CT molecular complexity index is 1210. The van der Waals surface area contributed by atoms with Crippen molar-refractivity contribution in [1.82, 2.24) is 9.80 Å². The molecule has 2 aromatic carbocycles. The van der Waals surface area contributed by atoms with E-state index in [0.717, 1.165) is 47.3 Å². The number of hydrogen-bond acceptors (Lipinski definition) is 3. The van der Waals surface area contributed by atoms with E-state index in [4.69, 9.17) is 0 Å². The summed E-state index contributed by atoms with van der Waals surface area (Å²) < 4.78 is 13.6. The van der Waals surface area contributed by atoms with E-state index in [-0.39, 0.29) is 23.8 Å². The van der Waals surface area contributed by atoms with Crippen molar-refractivity contribution < 1.29 is 14.0 Å². The predicted molar refractivity (Wildman–Crippen MR) is 147 cm³/mol. The van der Waals surface area contributed by atoms with Crippen LogP contribution in [0.3, 0.4) is 0 Å². The van der Waals surface area contributed by atoms with Gasteiger partial charge in [-0.15, -0.1) is 0 Å². The number of nitrogens with zero attached hydrogens (tertiary/aromatic N) is 2. The summed E-state index contributed by atoms with van der Waals surface area (Å²) in [6.45, 7) is 7.22. The number of likely N-dealkylation sites (tertiary alicyclic amines) is 1. The van der Waals surface area contributed by atoms with Gasteiger partial charge in [-0.05, 0) is 79.0 Å². The number of piperidine rings is 1. The molecular weight excluding hydrogens is 473 g/mol. The molecule has 1 N–H and O–H groups in total. The summed E-state index contributed by atoms with van der Waals surface area (Å²) in [5, 5.41) is 5.06. The smallest absolute Gasteiger partial charge is 0.321 e. The number of rotatable bonds is 5. The van der Waals surface area contributed by atoms with Crippen LogP contribution in [0.4, 0.5) is 14.9 Å². The highest BCUT2D eigenvalue weighted by Gasteiger charge is 2.29. The topological polar surface area (TPSA) is 52.7 Å². The number of hydrogen-bond donors (Lipinski definition) is 1. The van der Waals surface area contributed by atoms with Crippen LogP contribution in [0.5, 0.6) is 0 Å². The molecule has 1 saturated heterocycles. The van der Waals surface area contributed by atoms with Gasteiger partial charge in [-0.25, -0.2) is 9.18 Å². The van der Waals surface area contributed by atoms with Crippen molar-refractivity contribution in [1.29, 1.82) is 0 Å². The minimum Gasteiger partial charge on any atom is -0.338 e. The van der Waals surface area contributed by atoms with E-state index >= 15 is 0 Å². The van der Waals surface area contributed by atoms with E-state index in [1.54, 1.807) is 24.1 Å². The lowest BCUT2D eigenvalue weighted by Gasteiger charge is -2.37. The van der Waals surface area contributed by atoms with Crippen LogP contribution < -0.4 is 5.32 Å². The summed E-state index contributed by atoms with van der Waals surface area (Å²) in [7, 11) is 1.80. The summed E-state index contributed by atoms with van der Waals surface area (Å²) in [6.07, 6.45) is 7.07. The van der Waals surface area contributed by atoms with Crippen LogP contribution in [0.25, 0.3) is 17.2 Å². The highest BCUT2D eigenvalue weighted by Crippen LogP contribution is 2.30. The Morgan fingerprint density at radius 3 is 2.64 bits per heavy atom. The van der Waals surface area contributed by atoms with Gasteiger partial charge in [0.05, 0.1) is 4.91 Å². The third kappa shape index (κ3) is 6.08. The van der Waals surface area contributed by atoms with Crippen LogP contribution in [-0.4, -0.2) is 47.9 Å². The first-order valence-corrected chi connectivity index (χ1v) is 13.1. The molecule has 0 radical (unpaired) electrons. The molecule has 0 saturated carbocycles. The molecule has 7 heteroatoms. The summed E-state index contributed by atoms with van der Waals surface area (Å²) >= 11 is 1.52. The van der Waals surface area contributed by atoms with Gasteiger partial charge in [-0.2, -0.15) is 0 Å². The standard InChI is InChI=1S/C29H32FN3O2S/c1-4-21-17-23(22-8-6-9-24(30)18-22)11-12-26(21)31-29(35)32(3)25-13-15-33(16-14-25)28(34)27-10-5-7-20(2)19-36-27/h4,6,8-12,17-19,25H,1,5,7,13-16H2,2-3H3,(H,31,35). The molecule has 5 nitrogen and oxygen atoms in total.